The van der Waals surface area contributed by atoms with E-state index in [1.165, 1.54) is 70.6 Å². The topological polar surface area (TPSA) is 9.23 Å². The molecule has 1 heteroatoms. The molecule has 0 bridgehead atoms. The molecule has 1 unspecified atom stereocenters. The van der Waals surface area contributed by atoms with Crippen molar-refractivity contribution >= 4 is 0 Å². The fraction of sp³-hybridized carbons (Fsp3) is 1.00. The van der Waals surface area contributed by atoms with Gasteiger partial charge in [0.2, 0.25) is 0 Å². The van der Waals surface area contributed by atoms with Gasteiger partial charge in [0.15, 0.2) is 0 Å². The van der Waals surface area contributed by atoms with Gasteiger partial charge < -0.3 is 4.74 Å². The Kier molecular flexibility index (Phi) is 12.7. The number of hydrogen-bond acceptors (Lipinski definition) is 1. The van der Waals surface area contributed by atoms with Gasteiger partial charge in [-0.25, -0.2) is 0 Å². The molecule has 0 amide bonds. The van der Waals surface area contributed by atoms with E-state index in [0.717, 1.165) is 6.61 Å². The molecular formula is C19H40O. The average molecular weight is 285 g/mol. The van der Waals surface area contributed by atoms with Crippen LogP contribution in [-0.2, 0) is 4.74 Å². The maximum absolute atomic E-state index is 6.28. The van der Waals surface area contributed by atoms with Crippen LogP contribution < -0.4 is 0 Å². The lowest BCUT2D eigenvalue weighted by atomic mass is 9.91. The fourth-order valence-electron chi connectivity index (χ4n) is 2.67. The van der Waals surface area contributed by atoms with Crippen molar-refractivity contribution in [3.05, 3.63) is 0 Å². The fourth-order valence-corrected chi connectivity index (χ4v) is 2.67. The third-order valence-electron chi connectivity index (χ3n) is 4.13. The van der Waals surface area contributed by atoms with E-state index in [4.69, 9.17) is 4.74 Å². The molecule has 0 aromatic carbocycles. The van der Waals surface area contributed by atoms with Gasteiger partial charge in [-0.3, -0.25) is 0 Å². The molecule has 0 heterocycles. The molecule has 0 aliphatic rings. The molecule has 0 fully saturated rings. The summed E-state index contributed by atoms with van der Waals surface area (Å²) >= 11 is 0. The van der Waals surface area contributed by atoms with Crippen molar-refractivity contribution in [2.24, 2.45) is 5.92 Å². The van der Waals surface area contributed by atoms with Crippen LogP contribution in [0.15, 0.2) is 0 Å². The van der Waals surface area contributed by atoms with E-state index >= 15 is 0 Å². The summed E-state index contributed by atoms with van der Waals surface area (Å²) in [7, 11) is 0. The summed E-state index contributed by atoms with van der Waals surface area (Å²) in [6, 6.07) is 0. The predicted octanol–water partition coefficient (Wildman–Crippen LogP) is 6.75. The zero-order valence-corrected chi connectivity index (χ0v) is 15.0. The molecule has 0 saturated carbocycles. The van der Waals surface area contributed by atoms with Crippen LogP contribution in [0.2, 0.25) is 0 Å². The van der Waals surface area contributed by atoms with Crippen LogP contribution in [0.5, 0.6) is 0 Å². The van der Waals surface area contributed by atoms with Gasteiger partial charge in [0.25, 0.3) is 0 Å². The minimum atomic E-state index is 0.129. The predicted molar refractivity (Wildman–Crippen MR) is 91.3 cm³/mol. The second-order valence-corrected chi connectivity index (χ2v) is 7.13. The molecule has 0 aromatic rings. The highest BCUT2D eigenvalue weighted by atomic mass is 16.5. The minimum Gasteiger partial charge on any atom is -0.375 e. The van der Waals surface area contributed by atoms with Gasteiger partial charge in [0.05, 0.1) is 5.60 Å². The lowest BCUT2D eigenvalue weighted by Gasteiger charge is -2.31. The number of rotatable bonds is 14. The molecule has 1 atom stereocenters. The van der Waals surface area contributed by atoms with Crippen molar-refractivity contribution < 1.29 is 4.74 Å². The number of hydrogen-bond donors (Lipinski definition) is 0. The van der Waals surface area contributed by atoms with Gasteiger partial charge in [-0.15, -0.1) is 0 Å². The smallest absolute Gasteiger partial charge is 0.0654 e. The molecule has 20 heavy (non-hydrogen) atoms. The average Bonchev–Trinajstić information content (AvgIpc) is 2.42. The second kappa shape index (κ2) is 12.7. The molecule has 122 valence electrons. The van der Waals surface area contributed by atoms with E-state index in [2.05, 4.69) is 34.6 Å². The van der Waals surface area contributed by atoms with E-state index in [-0.39, 0.29) is 5.60 Å². The van der Waals surface area contributed by atoms with Gasteiger partial charge in [-0.2, -0.15) is 0 Å². The molecule has 0 saturated heterocycles. The van der Waals surface area contributed by atoms with Gasteiger partial charge in [-0.1, -0.05) is 85.5 Å². The van der Waals surface area contributed by atoms with Crippen LogP contribution in [0.25, 0.3) is 0 Å². The Hall–Kier alpha value is -0.0400. The first-order chi connectivity index (χ1) is 9.54. The maximum Gasteiger partial charge on any atom is 0.0654 e. The van der Waals surface area contributed by atoms with Crippen molar-refractivity contribution in [2.75, 3.05) is 6.61 Å². The van der Waals surface area contributed by atoms with Crippen LogP contribution in [0.1, 0.15) is 105 Å². The number of ether oxygens (including phenoxy) is 1. The lowest BCUT2D eigenvalue weighted by molar-refractivity contribution is -0.0578. The molecule has 1 nitrogen and oxygen atoms in total. The Morgan fingerprint density at radius 1 is 0.750 bits per heavy atom. The van der Waals surface area contributed by atoms with Gasteiger partial charge in [-0.05, 0) is 25.7 Å². The van der Waals surface area contributed by atoms with Gasteiger partial charge >= 0.3 is 0 Å². The molecule has 0 aliphatic heterocycles. The molecule has 0 aliphatic carbocycles. The number of unbranched alkanes of at least 4 members (excludes halogenated alkanes) is 7. The molecule has 0 radical (unpaired) electrons. The minimum absolute atomic E-state index is 0.129. The molecule has 0 N–H and O–H groups in total. The van der Waals surface area contributed by atoms with E-state index < -0.39 is 0 Å². The first-order valence-corrected chi connectivity index (χ1v) is 9.18. The Morgan fingerprint density at radius 3 is 1.65 bits per heavy atom. The van der Waals surface area contributed by atoms with Gasteiger partial charge in [0.1, 0.15) is 0 Å². The van der Waals surface area contributed by atoms with Gasteiger partial charge in [0, 0.05) is 6.61 Å². The summed E-state index contributed by atoms with van der Waals surface area (Å²) in [5, 5.41) is 0. The summed E-state index contributed by atoms with van der Waals surface area (Å²) in [6.45, 7) is 12.3. The Bertz CT molecular complexity index is 200. The van der Waals surface area contributed by atoms with Crippen molar-refractivity contribution in [3.63, 3.8) is 0 Å². The molecular weight excluding hydrogens is 244 g/mol. The highest BCUT2D eigenvalue weighted by molar-refractivity contribution is 4.76. The molecule has 0 aromatic heterocycles. The van der Waals surface area contributed by atoms with E-state index in [9.17, 15) is 0 Å². The van der Waals surface area contributed by atoms with Crippen molar-refractivity contribution in [1.29, 1.82) is 0 Å². The van der Waals surface area contributed by atoms with Crippen molar-refractivity contribution in [3.8, 4) is 0 Å². The summed E-state index contributed by atoms with van der Waals surface area (Å²) < 4.78 is 6.28. The van der Waals surface area contributed by atoms with Crippen LogP contribution in [0.3, 0.4) is 0 Å². The normalized spacial score (nSPS) is 14.7. The summed E-state index contributed by atoms with van der Waals surface area (Å²) in [4.78, 5) is 0. The third-order valence-corrected chi connectivity index (χ3v) is 4.13. The van der Waals surface area contributed by atoms with Crippen molar-refractivity contribution in [2.45, 2.75) is 111 Å². The van der Waals surface area contributed by atoms with E-state index in [1.54, 1.807) is 0 Å². The SMILES string of the molecule is CCCCCCCC(C)(CCCCCC)OCC(C)C. The van der Waals surface area contributed by atoms with Crippen LogP contribution in [0, 0.1) is 5.92 Å². The quantitative estimate of drug-likeness (QED) is 0.321. The largest absolute Gasteiger partial charge is 0.375 e. The highest BCUT2D eigenvalue weighted by Crippen LogP contribution is 2.27. The zero-order valence-electron chi connectivity index (χ0n) is 15.0. The summed E-state index contributed by atoms with van der Waals surface area (Å²) in [5.41, 5.74) is 0.129. The highest BCUT2D eigenvalue weighted by Gasteiger charge is 2.24. The van der Waals surface area contributed by atoms with Crippen molar-refractivity contribution in [1.82, 2.24) is 0 Å². The first kappa shape index (κ1) is 20.0. The maximum atomic E-state index is 6.28. The summed E-state index contributed by atoms with van der Waals surface area (Å²) in [5.74, 6) is 0.644. The third kappa shape index (κ3) is 11.8. The standard InChI is InChI=1S/C19H40O/c1-6-8-10-12-14-16-19(5,20-17-18(3)4)15-13-11-9-7-2/h18H,6-17H2,1-5H3. The zero-order chi connectivity index (χ0) is 15.3. The lowest BCUT2D eigenvalue weighted by Crippen LogP contribution is -2.30. The Balaban J connectivity index is 4.01. The monoisotopic (exact) mass is 284 g/mol. The Morgan fingerprint density at radius 2 is 1.20 bits per heavy atom. The van der Waals surface area contributed by atoms with Crippen LogP contribution >= 0.6 is 0 Å². The van der Waals surface area contributed by atoms with Crippen LogP contribution in [-0.4, -0.2) is 12.2 Å². The van der Waals surface area contributed by atoms with Crippen LogP contribution in [0.4, 0.5) is 0 Å². The first-order valence-electron chi connectivity index (χ1n) is 9.18. The Labute approximate surface area is 128 Å². The molecule has 0 spiro atoms. The van der Waals surface area contributed by atoms with E-state index in [1.807, 2.05) is 0 Å². The second-order valence-electron chi connectivity index (χ2n) is 7.13. The summed E-state index contributed by atoms with van der Waals surface area (Å²) in [6.07, 6.45) is 14.7. The molecule has 0 rings (SSSR count). The van der Waals surface area contributed by atoms with E-state index in [0.29, 0.717) is 5.92 Å².